The largest absolute Gasteiger partial charge is 0.336 e. The molecule has 0 aromatic heterocycles. The molecule has 1 aliphatic heterocycles. The molecule has 6 heteroatoms. The minimum absolute atomic E-state index is 0.0448. The minimum atomic E-state index is -3.52. The summed E-state index contributed by atoms with van der Waals surface area (Å²) < 4.78 is 27.1. The molecule has 1 heterocycles. The molecule has 3 rings (SSSR count). The maximum absolute atomic E-state index is 12.8. The van der Waals surface area contributed by atoms with E-state index >= 15 is 0 Å². The molecule has 132 valence electrons. The number of hydrogen-bond acceptors (Lipinski definition) is 3. The lowest BCUT2D eigenvalue weighted by molar-refractivity contribution is 0.0698. The van der Waals surface area contributed by atoms with Crippen molar-refractivity contribution in [1.82, 2.24) is 9.21 Å². The molecule has 2 aromatic rings. The number of sulfonamides is 1. The van der Waals surface area contributed by atoms with Gasteiger partial charge in [-0.3, -0.25) is 4.79 Å². The first-order valence-corrected chi connectivity index (χ1v) is 9.75. The zero-order valence-corrected chi connectivity index (χ0v) is 15.3. The molecule has 0 spiro atoms. The molecule has 0 atom stereocenters. The molecule has 0 saturated carbocycles. The molecule has 1 saturated heterocycles. The predicted octanol–water partition coefficient (Wildman–Crippen LogP) is 2.45. The lowest BCUT2D eigenvalue weighted by Crippen LogP contribution is -2.50. The second-order valence-electron chi connectivity index (χ2n) is 6.33. The first-order valence-electron chi connectivity index (χ1n) is 8.31. The number of piperazine rings is 1. The van der Waals surface area contributed by atoms with Crippen molar-refractivity contribution in [3.05, 3.63) is 65.2 Å². The Morgan fingerprint density at radius 1 is 0.920 bits per heavy atom. The van der Waals surface area contributed by atoms with Crippen LogP contribution in [0.3, 0.4) is 0 Å². The third-order valence-electron chi connectivity index (χ3n) is 4.50. The standard InChI is InChI=1S/C19H22N2O3S/c1-15-6-5-8-17(14-15)19(22)20-10-12-21(13-11-20)25(23,24)18-9-4-3-7-16(18)2/h3-9,14H,10-13H2,1-2H3. The van der Waals surface area contributed by atoms with Crippen LogP contribution >= 0.6 is 0 Å². The highest BCUT2D eigenvalue weighted by Gasteiger charge is 2.31. The highest BCUT2D eigenvalue weighted by atomic mass is 32.2. The minimum Gasteiger partial charge on any atom is -0.336 e. The van der Waals surface area contributed by atoms with E-state index in [4.69, 9.17) is 0 Å². The number of aryl methyl sites for hydroxylation is 2. The summed E-state index contributed by atoms with van der Waals surface area (Å²) in [4.78, 5) is 14.7. The molecule has 2 aromatic carbocycles. The highest BCUT2D eigenvalue weighted by Crippen LogP contribution is 2.21. The Kier molecular flexibility index (Phi) is 4.92. The van der Waals surface area contributed by atoms with Crippen molar-refractivity contribution in [2.75, 3.05) is 26.2 Å². The van der Waals surface area contributed by atoms with Gasteiger partial charge in [0.05, 0.1) is 4.90 Å². The van der Waals surface area contributed by atoms with E-state index in [9.17, 15) is 13.2 Å². The van der Waals surface area contributed by atoms with Gasteiger partial charge in [-0.2, -0.15) is 4.31 Å². The van der Waals surface area contributed by atoms with E-state index < -0.39 is 10.0 Å². The maximum atomic E-state index is 12.8. The molecule has 5 nitrogen and oxygen atoms in total. The van der Waals surface area contributed by atoms with Crippen LogP contribution in [-0.4, -0.2) is 49.7 Å². The predicted molar refractivity (Wildman–Crippen MR) is 97.0 cm³/mol. The van der Waals surface area contributed by atoms with E-state index in [1.165, 1.54) is 4.31 Å². The third-order valence-corrected chi connectivity index (χ3v) is 6.56. The number of carbonyl (C=O) groups excluding carboxylic acids is 1. The number of rotatable bonds is 3. The highest BCUT2D eigenvalue weighted by molar-refractivity contribution is 7.89. The first kappa shape index (κ1) is 17.6. The van der Waals surface area contributed by atoms with Gasteiger partial charge < -0.3 is 4.90 Å². The second kappa shape index (κ2) is 6.98. The van der Waals surface area contributed by atoms with Gasteiger partial charge in [0.1, 0.15) is 0 Å². The molecule has 25 heavy (non-hydrogen) atoms. The molecule has 1 fully saturated rings. The lowest BCUT2D eigenvalue weighted by atomic mass is 10.1. The average molecular weight is 358 g/mol. The Morgan fingerprint density at radius 2 is 1.60 bits per heavy atom. The second-order valence-corrected chi connectivity index (χ2v) is 8.24. The SMILES string of the molecule is Cc1cccc(C(=O)N2CCN(S(=O)(=O)c3ccccc3C)CC2)c1. The monoisotopic (exact) mass is 358 g/mol. The number of benzene rings is 2. The van der Waals surface area contributed by atoms with Crippen molar-refractivity contribution in [3.8, 4) is 0 Å². The van der Waals surface area contributed by atoms with E-state index in [1.54, 1.807) is 36.1 Å². The Labute approximate surface area is 148 Å². The van der Waals surface area contributed by atoms with Gasteiger partial charge in [0, 0.05) is 31.7 Å². The van der Waals surface area contributed by atoms with Gasteiger partial charge in [-0.05, 0) is 37.6 Å². The number of amides is 1. The molecule has 0 radical (unpaired) electrons. The van der Waals surface area contributed by atoms with Crippen molar-refractivity contribution < 1.29 is 13.2 Å². The number of hydrogen-bond donors (Lipinski definition) is 0. The summed E-state index contributed by atoms with van der Waals surface area (Å²) in [6, 6.07) is 14.5. The molecular formula is C19H22N2O3S. The van der Waals surface area contributed by atoms with Crippen LogP contribution in [0.4, 0.5) is 0 Å². The van der Waals surface area contributed by atoms with Crippen molar-refractivity contribution in [1.29, 1.82) is 0 Å². The fourth-order valence-electron chi connectivity index (χ4n) is 3.08. The van der Waals surface area contributed by atoms with E-state index in [0.717, 1.165) is 11.1 Å². The van der Waals surface area contributed by atoms with Crippen LogP contribution < -0.4 is 0 Å². The molecule has 0 bridgehead atoms. The molecule has 1 aliphatic rings. The summed E-state index contributed by atoms with van der Waals surface area (Å²) in [5.74, 6) is -0.0448. The summed E-state index contributed by atoms with van der Waals surface area (Å²) in [5, 5.41) is 0. The van der Waals surface area contributed by atoms with E-state index in [1.807, 2.05) is 31.2 Å². The molecular weight excluding hydrogens is 336 g/mol. The van der Waals surface area contributed by atoms with E-state index in [-0.39, 0.29) is 5.91 Å². The van der Waals surface area contributed by atoms with Crippen LogP contribution in [0, 0.1) is 13.8 Å². The fraction of sp³-hybridized carbons (Fsp3) is 0.316. The van der Waals surface area contributed by atoms with Gasteiger partial charge in [0.25, 0.3) is 5.91 Å². The Hall–Kier alpha value is -2.18. The molecule has 0 unspecified atom stereocenters. The van der Waals surface area contributed by atoms with Gasteiger partial charge in [0.15, 0.2) is 0 Å². The van der Waals surface area contributed by atoms with Gasteiger partial charge in [0.2, 0.25) is 10.0 Å². The summed E-state index contributed by atoms with van der Waals surface area (Å²) in [6.45, 7) is 5.17. The van der Waals surface area contributed by atoms with Crippen LogP contribution in [-0.2, 0) is 10.0 Å². The van der Waals surface area contributed by atoms with Crippen LogP contribution in [0.25, 0.3) is 0 Å². The number of nitrogens with zero attached hydrogens (tertiary/aromatic N) is 2. The lowest BCUT2D eigenvalue weighted by Gasteiger charge is -2.34. The molecule has 0 aliphatic carbocycles. The Morgan fingerprint density at radius 3 is 2.24 bits per heavy atom. The summed E-state index contributed by atoms with van der Waals surface area (Å²) >= 11 is 0. The van der Waals surface area contributed by atoms with Crippen molar-refractivity contribution >= 4 is 15.9 Å². The van der Waals surface area contributed by atoms with Crippen LogP contribution in [0.1, 0.15) is 21.5 Å². The van der Waals surface area contributed by atoms with Crippen LogP contribution in [0.5, 0.6) is 0 Å². The van der Waals surface area contributed by atoms with Crippen molar-refractivity contribution in [2.45, 2.75) is 18.7 Å². The summed E-state index contributed by atoms with van der Waals surface area (Å²) in [5.41, 5.74) is 2.42. The summed E-state index contributed by atoms with van der Waals surface area (Å²) in [7, 11) is -3.52. The van der Waals surface area contributed by atoms with Crippen LogP contribution in [0.2, 0.25) is 0 Å². The van der Waals surface area contributed by atoms with E-state index in [2.05, 4.69) is 0 Å². The smallest absolute Gasteiger partial charge is 0.253 e. The summed E-state index contributed by atoms with van der Waals surface area (Å²) in [6.07, 6.45) is 0. The Bertz CT molecular complexity index is 885. The van der Waals surface area contributed by atoms with Gasteiger partial charge in [-0.15, -0.1) is 0 Å². The molecule has 0 N–H and O–H groups in total. The first-order chi connectivity index (χ1) is 11.9. The number of carbonyl (C=O) groups is 1. The zero-order chi connectivity index (χ0) is 18.0. The maximum Gasteiger partial charge on any atom is 0.253 e. The van der Waals surface area contributed by atoms with E-state index in [0.29, 0.717) is 36.6 Å². The quantitative estimate of drug-likeness (QED) is 0.847. The van der Waals surface area contributed by atoms with Crippen molar-refractivity contribution in [3.63, 3.8) is 0 Å². The average Bonchev–Trinajstić information content (AvgIpc) is 2.61. The zero-order valence-electron chi connectivity index (χ0n) is 14.5. The van der Waals surface area contributed by atoms with Gasteiger partial charge in [-0.25, -0.2) is 8.42 Å². The third kappa shape index (κ3) is 3.60. The topological polar surface area (TPSA) is 57.7 Å². The van der Waals surface area contributed by atoms with Gasteiger partial charge >= 0.3 is 0 Å². The van der Waals surface area contributed by atoms with Crippen molar-refractivity contribution in [2.24, 2.45) is 0 Å². The normalized spacial score (nSPS) is 16.0. The molecule has 1 amide bonds. The Balaban J connectivity index is 1.72. The fourth-order valence-corrected chi connectivity index (χ4v) is 4.72. The van der Waals surface area contributed by atoms with Gasteiger partial charge in [-0.1, -0.05) is 35.9 Å². The van der Waals surface area contributed by atoms with Crippen LogP contribution in [0.15, 0.2) is 53.4 Å².